The van der Waals surface area contributed by atoms with Gasteiger partial charge in [0.25, 0.3) is 11.5 Å². The Kier molecular flexibility index (Phi) is 6.51. The molecule has 3 N–H and O–H groups in total. The number of fused-ring (bicyclic) bond motifs is 1. The van der Waals surface area contributed by atoms with Crippen molar-refractivity contribution in [3.63, 3.8) is 0 Å². The van der Waals surface area contributed by atoms with Gasteiger partial charge < -0.3 is 20.3 Å². The molecule has 1 amide bonds. The monoisotopic (exact) mass is 428 g/mol. The Bertz CT molecular complexity index is 1140. The second-order valence-corrected chi connectivity index (χ2v) is 8.21. The van der Waals surface area contributed by atoms with E-state index in [0.717, 1.165) is 10.6 Å². The molecule has 8 nitrogen and oxygen atoms in total. The lowest BCUT2D eigenvalue weighted by molar-refractivity contribution is -0.139. The molecule has 0 saturated carbocycles. The van der Waals surface area contributed by atoms with Crippen LogP contribution in [0.3, 0.4) is 0 Å². The maximum atomic E-state index is 12.4. The largest absolute Gasteiger partial charge is 0.480 e. The molecule has 0 spiro atoms. The molecular formula is C21H24N4O4S. The molecule has 3 aromatic rings. The normalized spacial score (nSPS) is 12.0. The van der Waals surface area contributed by atoms with E-state index in [2.05, 4.69) is 15.3 Å². The molecule has 0 saturated heterocycles. The second-order valence-electron chi connectivity index (χ2n) is 7.15. The molecule has 1 aromatic carbocycles. The van der Waals surface area contributed by atoms with E-state index in [0.29, 0.717) is 41.0 Å². The van der Waals surface area contributed by atoms with E-state index >= 15 is 0 Å². The molecule has 1 atom stereocenters. The number of hydrogen-bond acceptors (Lipinski definition) is 6. The summed E-state index contributed by atoms with van der Waals surface area (Å²) in [7, 11) is 1.90. The number of H-pyrrole nitrogens is 1. The van der Waals surface area contributed by atoms with Crippen molar-refractivity contribution < 1.29 is 14.7 Å². The van der Waals surface area contributed by atoms with Crippen LogP contribution in [0.4, 0.5) is 5.00 Å². The van der Waals surface area contributed by atoms with Gasteiger partial charge in [0.1, 0.15) is 11.9 Å². The van der Waals surface area contributed by atoms with E-state index in [4.69, 9.17) is 0 Å². The number of thiophene rings is 1. The van der Waals surface area contributed by atoms with E-state index in [1.807, 2.05) is 43.1 Å². The van der Waals surface area contributed by atoms with E-state index < -0.39 is 12.0 Å². The first-order valence-corrected chi connectivity index (χ1v) is 10.4. The van der Waals surface area contributed by atoms with Crippen molar-refractivity contribution in [2.75, 3.05) is 11.9 Å². The van der Waals surface area contributed by atoms with Crippen LogP contribution in [0.1, 0.15) is 40.8 Å². The molecule has 0 aliphatic rings. The fourth-order valence-corrected chi connectivity index (χ4v) is 4.05. The van der Waals surface area contributed by atoms with E-state index in [-0.39, 0.29) is 11.5 Å². The SMILES string of the molecule is CCC[C@H](NC(=O)c1ccc(N(C)Cc2ccc3nc(C)[nH]c(=O)c3c2)s1)C(=O)O. The molecule has 0 fully saturated rings. The Morgan fingerprint density at radius 2 is 2.07 bits per heavy atom. The molecule has 0 aliphatic carbocycles. The van der Waals surface area contributed by atoms with Crippen molar-refractivity contribution in [1.82, 2.24) is 15.3 Å². The maximum absolute atomic E-state index is 12.4. The zero-order valence-corrected chi connectivity index (χ0v) is 17.9. The van der Waals surface area contributed by atoms with Gasteiger partial charge in [-0.1, -0.05) is 19.4 Å². The molecule has 30 heavy (non-hydrogen) atoms. The number of hydrogen-bond donors (Lipinski definition) is 3. The number of carboxylic acid groups (broad SMARTS) is 1. The third-order valence-corrected chi connectivity index (χ3v) is 5.88. The van der Waals surface area contributed by atoms with Gasteiger partial charge in [-0.05, 0) is 43.2 Å². The minimum Gasteiger partial charge on any atom is -0.480 e. The zero-order valence-electron chi connectivity index (χ0n) is 17.1. The molecule has 158 valence electrons. The topological polar surface area (TPSA) is 115 Å². The maximum Gasteiger partial charge on any atom is 0.326 e. The van der Waals surface area contributed by atoms with Gasteiger partial charge in [0, 0.05) is 13.6 Å². The van der Waals surface area contributed by atoms with Crippen molar-refractivity contribution in [2.45, 2.75) is 39.3 Å². The first-order chi connectivity index (χ1) is 14.3. The minimum atomic E-state index is -1.03. The van der Waals surface area contributed by atoms with E-state index in [1.165, 1.54) is 11.3 Å². The Balaban J connectivity index is 1.72. The lowest BCUT2D eigenvalue weighted by Crippen LogP contribution is -2.40. The Morgan fingerprint density at radius 1 is 1.30 bits per heavy atom. The average molecular weight is 429 g/mol. The highest BCUT2D eigenvalue weighted by atomic mass is 32.1. The Hall–Kier alpha value is -3.20. The Morgan fingerprint density at radius 3 is 2.77 bits per heavy atom. The molecule has 0 bridgehead atoms. The number of rotatable bonds is 8. The first kappa shape index (κ1) is 21.5. The van der Waals surface area contributed by atoms with Crippen LogP contribution in [0.25, 0.3) is 10.9 Å². The number of carbonyl (C=O) groups is 2. The molecule has 2 heterocycles. The predicted octanol–water partition coefficient (Wildman–Crippen LogP) is 2.91. The molecule has 0 radical (unpaired) electrons. The summed E-state index contributed by atoms with van der Waals surface area (Å²) < 4.78 is 0. The number of carbonyl (C=O) groups excluding carboxylic acids is 1. The number of aromatic amines is 1. The second kappa shape index (κ2) is 9.08. The minimum absolute atomic E-state index is 0.169. The van der Waals surface area contributed by atoms with Gasteiger partial charge in [-0.15, -0.1) is 11.3 Å². The average Bonchev–Trinajstić information content (AvgIpc) is 3.18. The van der Waals surface area contributed by atoms with E-state index in [1.54, 1.807) is 13.0 Å². The number of nitrogens with one attached hydrogen (secondary N) is 2. The fourth-order valence-electron chi connectivity index (χ4n) is 3.18. The third-order valence-electron chi connectivity index (χ3n) is 4.68. The van der Waals surface area contributed by atoms with Crippen LogP contribution in [0.15, 0.2) is 35.1 Å². The van der Waals surface area contributed by atoms with Gasteiger partial charge in [0.05, 0.1) is 20.8 Å². The number of anilines is 1. The molecular weight excluding hydrogens is 404 g/mol. The number of carboxylic acids is 1. The van der Waals surface area contributed by atoms with Gasteiger partial charge in [0.2, 0.25) is 0 Å². The number of aromatic nitrogens is 2. The predicted molar refractivity (Wildman–Crippen MR) is 117 cm³/mol. The Labute approximate surface area is 177 Å². The van der Waals surface area contributed by atoms with Crippen LogP contribution in [0.5, 0.6) is 0 Å². The van der Waals surface area contributed by atoms with Crippen molar-refractivity contribution >= 4 is 39.1 Å². The highest BCUT2D eigenvalue weighted by molar-refractivity contribution is 7.17. The van der Waals surface area contributed by atoms with Gasteiger partial charge >= 0.3 is 5.97 Å². The van der Waals surface area contributed by atoms with Crippen LogP contribution in [-0.4, -0.2) is 40.0 Å². The smallest absolute Gasteiger partial charge is 0.326 e. The summed E-state index contributed by atoms with van der Waals surface area (Å²) in [5, 5.41) is 13.2. The summed E-state index contributed by atoms with van der Waals surface area (Å²) in [5.74, 6) is -0.847. The van der Waals surface area contributed by atoms with Crippen LogP contribution in [-0.2, 0) is 11.3 Å². The van der Waals surface area contributed by atoms with Crippen molar-refractivity contribution in [2.24, 2.45) is 0 Å². The highest BCUT2D eigenvalue weighted by Crippen LogP contribution is 2.27. The van der Waals surface area contributed by atoms with Crippen LogP contribution < -0.4 is 15.8 Å². The van der Waals surface area contributed by atoms with Crippen LogP contribution >= 0.6 is 11.3 Å². The van der Waals surface area contributed by atoms with Gasteiger partial charge in [0.15, 0.2) is 0 Å². The van der Waals surface area contributed by atoms with Crippen molar-refractivity contribution in [1.29, 1.82) is 0 Å². The molecule has 2 aromatic heterocycles. The zero-order chi connectivity index (χ0) is 21.8. The molecule has 9 heteroatoms. The van der Waals surface area contributed by atoms with Crippen LogP contribution in [0.2, 0.25) is 0 Å². The lowest BCUT2D eigenvalue weighted by atomic mass is 10.1. The van der Waals surface area contributed by atoms with E-state index in [9.17, 15) is 19.5 Å². The number of aliphatic carboxylic acids is 1. The van der Waals surface area contributed by atoms with Gasteiger partial charge in [-0.2, -0.15) is 0 Å². The van der Waals surface area contributed by atoms with Gasteiger partial charge in [-0.25, -0.2) is 9.78 Å². The summed E-state index contributed by atoms with van der Waals surface area (Å²) in [6.07, 6.45) is 1.05. The summed E-state index contributed by atoms with van der Waals surface area (Å²) >= 11 is 1.29. The fraction of sp³-hybridized carbons (Fsp3) is 0.333. The standard InChI is InChI=1S/C21H24N4O4S/c1-4-5-16(21(28)29)24-20(27)17-8-9-18(30-17)25(3)11-13-6-7-15-14(10-13)19(26)23-12(2)22-15/h6-10,16H,4-5,11H2,1-3H3,(H,24,27)(H,28,29)(H,22,23,26)/t16-/m0/s1. The third kappa shape index (κ3) is 4.85. The molecule has 3 rings (SSSR count). The quantitative estimate of drug-likeness (QED) is 0.508. The van der Waals surface area contributed by atoms with Crippen molar-refractivity contribution in [3.05, 3.63) is 57.0 Å². The summed E-state index contributed by atoms with van der Waals surface area (Å²) in [6, 6.07) is 8.20. The van der Waals surface area contributed by atoms with Crippen LogP contribution in [0, 0.1) is 6.92 Å². The molecule has 0 unspecified atom stereocenters. The lowest BCUT2D eigenvalue weighted by Gasteiger charge is -2.17. The number of aryl methyl sites for hydroxylation is 1. The highest BCUT2D eigenvalue weighted by Gasteiger charge is 2.21. The molecule has 0 aliphatic heterocycles. The number of nitrogens with zero attached hydrogens (tertiary/aromatic N) is 2. The van der Waals surface area contributed by atoms with Gasteiger partial charge in [-0.3, -0.25) is 9.59 Å². The summed E-state index contributed by atoms with van der Waals surface area (Å²) in [6.45, 7) is 4.16. The number of benzene rings is 1. The van der Waals surface area contributed by atoms with Crippen molar-refractivity contribution in [3.8, 4) is 0 Å². The summed E-state index contributed by atoms with van der Waals surface area (Å²) in [5.41, 5.74) is 1.42. The first-order valence-electron chi connectivity index (χ1n) is 9.62. The summed E-state index contributed by atoms with van der Waals surface area (Å²) in [4.78, 5) is 45.3. The number of amides is 1.